The number of ether oxygens (including phenoxy) is 2. The lowest BCUT2D eigenvalue weighted by Gasteiger charge is -2.31. The molecule has 124 valence electrons. The number of likely N-dealkylation sites (tertiary alicyclic amines) is 1. The van der Waals surface area contributed by atoms with Gasteiger partial charge in [0.05, 0.1) is 6.04 Å². The maximum atomic E-state index is 12.6. The Morgan fingerprint density at radius 1 is 1.41 bits per heavy atom. The van der Waals surface area contributed by atoms with E-state index in [0.717, 1.165) is 5.57 Å². The molecule has 0 aromatic rings. The van der Waals surface area contributed by atoms with Gasteiger partial charge in [0, 0.05) is 24.3 Å². The highest BCUT2D eigenvalue weighted by molar-refractivity contribution is 9.09. The average Bonchev–Trinajstić information content (AvgIpc) is 2.60. The van der Waals surface area contributed by atoms with Gasteiger partial charge in [0.2, 0.25) is 0 Å². The third kappa shape index (κ3) is 3.08. The van der Waals surface area contributed by atoms with E-state index in [0.29, 0.717) is 12.8 Å². The highest BCUT2D eigenvalue weighted by atomic mass is 79.9. The van der Waals surface area contributed by atoms with Crippen molar-refractivity contribution in [3.05, 3.63) is 11.6 Å². The van der Waals surface area contributed by atoms with Crippen molar-refractivity contribution in [2.45, 2.75) is 63.2 Å². The fourth-order valence-corrected chi connectivity index (χ4v) is 4.20. The van der Waals surface area contributed by atoms with E-state index in [1.807, 2.05) is 33.8 Å². The van der Waals surface area contributed by atoms with Gasteiger partial charge < -0.3 is 9.47 Å². The summed E-state index contributed by atoms with van der Waals surface area (Å²) in [6, 6.07) is -0.0572. The lowest BCUT2D eigenvalue weighted by Crippen LogP contribution is -2.45. The van der Waals surface area contributed by atoms with Gasteiger partial charge in [0.15, 0.2) is 5.78 Å². The van der Waals surface area contributed by atoms with E-state index in [-0.39, 0.29) is 22.6 Å². The Labute approximate surface area is 140 Å². The lowest BCUT2D eigenvalue weighted by molar-refractivity contribution is -0.116. The second kappa shape index (κ2) is 6.32. The van der Waals surface area contributed by atoms with Crippen molar-refractivity contribution in [3.63, 3.8) is 0 Å². The fourth-order valence-electron chi connectivity index (χ4n) is 3.18. The fraction of sp³-hybridized carbons (Fsp3) is 0.750. The van der Waals surface area contributed by atoms with Crippen LogP contribution in [-0.4, -0.2) is 46.6 Å². The van der Waals surface area contributed by atoms with Crippen LogP contribution in [0.1, 0.15) is 40.5 Å². The maximum absolute atomic E-state index is 12.6. The SMILES string of the molecule is CCC(=O)C1=CCC2C(Br)C1C(OC)N2C(=O)OC(C)(C)C. The van der Waals surface area contributed by atoms with Crippen LogP contribution < -0.4 is 0 Å². The van der Waals surface area contributed by atoms with Crippen molar-refractivity contribution in [1.82, 2.24) is 4.90 Å². The number of hydrogen-bond donors (Lipinski definition) is 0. The number of carbonyl (C=O) groups excluding carboxylic acids is 2. The molecule has 4 unspecified atom stereocenters. The summed E-state index contributed by atoms with van der Waals surface area (Å²) in [6.07, 6.45) is 2.17. The van der Waals surface area contributed by atoms with E-state index in [2.05, 4.69) is 15.9 Å². The summed E-state index contributed by atoms with van der Waals surface area (Å²) in [5.41, 5.74) is 0.196. The number of amides is 1. The minimum Gasteiger partial charge on any atom is -0.444 e. The van der Waals surface area contributed by atoms with E-state index in [4.69, 9.17) is 9.47 Å². The largest absolute Gasteiger partial charge is 0.444 e. The predicted octanol–water partition coefficient (Wildman–Crippen LogP) is 3.27. The molecule has 0 aromatic carbocycles. The smallest absolute Gasteiger partial charge is 0.412 e. The molecule has 1 fully saturated rings. The number of ketones is 1. The van der Waals surface area contributed by atoms with E-state index < -0.39 is 17.9 Å². The first-order valence-electron chi connectivity index (χ1n) is 7.62. The standard InChI is InChI=1S/C16H24BrNO4/c1-6-11(19)9-7-8-10-13(17)12(9)14(21-5)18(10)15(20)22-16(2,3)4/h7,10,12-14H,6,8H2,1-5H3. The molecule has 6 heteroatoms. The van der Waals surface area contributed by atoms with Crippen molar-refractivity contribution in [1.29, 1.82) is 0 Å². The Balaban J connectivity index is 2.30. The van der Waals surface area contributed by atoms with E-state index >= 15 is 0 Å². The predicted molar refractivity (Wildman–Crippen MR) is 86.9 cm³/mol. The minimum atomic E-state index is -0.566. The third-order valence-corrected chi connectivity index (χ3v) is 5.26. The van der Waals surface area contributed by atoms with Crippen LogP contribution in [0.4, 0.5) is 4.79 Å². The normalized spacial score (nSPS) is 31.0. The van der Waals surface area contributed by atoms with Crippen LogP contribution in [0.3, 0.4) is 0 Å². The van der Waals surface area contributed by atoms with Gasteiger partial charge in [-0.25, -0.2) is 4.79 Å². The van der Waals surface area contributed by atoms with E-state index in [1.54, 1.807) is 12.0 Å². The molecular formula is C16H24BrNO4. The molecule has 0 saturated carbocycles. The molecule has 1 amide bonds. The molecule has 2 bridgehead atoms. The Kier molecular flexibility index (Phi) is 5.02. The van der Waals surface area contributed by atoms with E-state index in [1.165, 1.54) is 0 Å². The number of methoxy groups -OCH3 is 1. The van der Waals surface area contributed by atoms with E-state index in [9.17, 15) is 9.59 Å². The summed E-state index contributed by atoms with van der Waals surface area (Å²) in [7, 11) is 1.57. The number of hydrogen-bond acceptors (Lipinski definition) is 4. The van der Waals surface area contributed by atoms with Gasteiger partial charge in [-0.1, -0.05) is 28.9 Å². The Morgan fingerprint density at radius 3 is 2.55 bits per heavy atom. The first-order valence-corrected chi connectivity index (χ1v) is 8.54. The van der Waals surface area contributed by atoms with Crippen LogP contribution in [0.25, 0.3) is 0 Å². The Morgan fingerprint density at radius 2 is 2.05 bits per heavy atom. The third-order valence-electron chi connectivity index (χ3n) is 4.08. The number of carbonyl (C=O) groups is 2. The number of alkyl halides is 1. The molecule has 4 atom stereocenters. The Bertz CT molecular complexity index is 497. The molecule has 1 heterocycles. The zero-order chi connectivity index (χ0) is 16.7. The van der Waals surface area contributed by atoms with Gasteiger partial charge in [-0.2, -0.15) is 0 Å². The maximum Gasteiger partial charge on any atom is 0.412 e. The number of Topliss-reactive ketones (excluding diaryl/α,β-unsaturated/α-hetero) is 1. The molecule has 0 radical (unpaired) electrons. The Hall–Kier alpha value is -0.880. The van der Waals surface area contributed by atoms with Crippen molar-refractivity contribution in [2.24, 2.45) is 5.92 Å². The molecule has 5 nitrogen and oxygen atoms in total. The number of fused-ring (bicyclic) bond motifs is 2. The van der Waals surface area contributed by atoms with Crippen LogP contribution in [0.15, 0.2) is 11.6 Å². The van der Waals surface area contributed by atoms with Crippen molar-refractivity contribution >= 4 is 27.8 Å². The second-order valence-corrected chi connectivity index (χ2v) is 7.78. The first kappa shape index (κ1) is 17.5. The zero-order valence-electron chi connectivity index (χ0n) is 13.8. The van der Waals surface area contributed by atoms with Gasteiger partial charge in [0.1, 0.15) is 11.8 Å². The highest BCUT2D eigenvalue weighted by Crippen LogP contribution is 2.45. The molecule has 22 heavy (non-hydrogen) atoms. The summed E-state index contributed by atoms with van der Waals surface area (Å²) in [6.45, 7) is 7.36. The van der Waals surface area contributed by atoms with Crippen molar-refractivity contribution in [3.8, 4) is 0 Å². The van der Waals surface area contributed by atoms with Gasteiger partial charge in [-0.15, -0.1) is 0 Å². The van der Waals surface area contributed by atoms with Gasteiger partial charge in [-0.3, -0.25) is 9.69 Å². The molecule has 1 aliphatic heterocycles. The van der Waals surface area contributed by atoms with Gasteiger partial charge in [-0.05, 0) is 32.8 Å². The molecule has 2 aliphatic rings. The lowest BCUT2D eigenvalue weighted by atomic mass is 9.85. The summed E-state index contributed by atoms with van der Waals surface area (Å²) in [5, 5.41) is 0. The number of nitrogens with zero attached hydrogens (tertiary/aromatic N) is 1. The van der Waals surface area contributed by atoms with Crippen LogP contribution in [0.5, 0.6) is 0 Å². The summed E-state index contributed by atoms with van der Waals surface area (Å²) >= 11 is 3.67. The number of rotatable bonds is 3. The monoisotopic (exact) mass is 373 g/mol. The highest BCUT2D eigenvalue weighted by Gasteiger charge is 2.55. The van der Waals surface area contributed by atoms with Crippen molar-refractivity contribution < 1.29 is 19.1 Å². The number of halogens is 1. The molecule has 0 N–H and O–H groups in total. The van der Waals surface area contributed by atoms with Crippen LogP contribution in [-0.2, 0) is 14.3 Å². The van der Waals surface area contributed by atoms with Crippen molar-refractivity contribution in [2.75, 3.05) is 7.11 Å². The summed E-state index contributed by atoms with van der Waals surface area (Å²) < 4.78 is 11.1. The quantitative estimate of drug-likeness (QED) is 0.712. The van der Waals surface area contributed by atoms with Crippen LogP contribution >= 0.6 is 15.9 Å². The van der Waals surface area contributed by atoms with Gasteiger partial charge in [0.25, 0.3) is 0 Å². The minimum absolute atomic E-state index is 0.000434. The van der Waals surface area contributed by atoms with Crippen LogP contribution in [0.2, 0.25) is 0 Å². The average molecular weight is 374 g/mol. The van der Waals surface area contributed by atoms with Gasteiger partial charge >= 0.3 is 6.09 Å². The summed E-state index contributed by atoms with van der Waals surface area (Å²) in [4.78, 5) is 26.4. The molecule has 2 rings (SSSR count). The summed E-state index contributed by atoms with van der Waals surface area (Å²) in [5.74, 6) is -0.0373. The molecule has 1 saturated heterocycles. The topological polar surface area (TPSA) is 55.8 Å². The second-order valence-electron chi connectivity index (χ2n) is 6.72. The molecule has 0 spiro atoms. The van der Waals surface area contributed by atoms with Crippen LogP contribution in [0, 0.1) is 5.92 Å². The molecule has 0 aromatic heterocycles. The zero-order valence-corrected chi connectivity index (χ0v) is 15.3. The first-order chi connectivity index (χ1) is 10.2. The molecular weight excluding hydrogens is 350 g/mol. The molecule has 1 aliphatic carbocycles.